The summed E-state index contributed by atoms with van der Waals surface area (Å²) >= 11 is 0. The summed E-state index contributed by atoms with van der Waals surface area (Å²) in [5.74, 6) is -1.03. The van der Waals surface area contributed by atoms with Gasteiger partial charge in [0.05, 0.1) is 5.92 Å². The molecule has 5 heteroatoms. The van der Waals surface area contributed by atoms with E-state index in [0.717, 1.165) is 0 Å². The summed E-state index contributed by atoms with van der Waals surface area (Å²) in [6.07, 6.45) is 0.274. The first-order valence-corrected chi connectivity index (χ1v) is 14.6. The van der Waals surface area contributed by atoms with E-state index in [9.17, 15) is 14.4 Å². The lowest BCUT2D eigenvalue weighted by Gasteiger charge is -2.46. The lowest BCUT2D eigenvalue weighted by atomic mass is 9.74. The molecule has 3 nitrogen and oxygen atoms in total. The maximum Gasteiger partial charge on any atom is 0.144 e. The van der Waals surface area contributed by atoms with Crippen molar-refractivity contribution in [3.05, 3.63) is 0 Å². The third-order valence-electron chi connectivity index (χ3n) is 6.77. The number of hydrogen-bond acceptors (Lipinski definition) is 3. The van der Waals surface area contributed by atoms with Gasteiger partial charge in [-0.25, -0.2) is 0 Å². The summed E-state index contributed by atoms with van der Waals surface area (Å²) in [4.78, 5) is 38.4. The molecule has 0 aromatic carbocycles. The number of ketones is 1. The molecule has 1 fully saturated rings. The molecule has 23 heavy (non-hydrogen) atoms. The van der Waals surface area contributed by atoms with Crippen LogP contribution in [0.3, 0.4) is 0 Å². The molecule has 132 valence electrons. The van der Waals surface area contributed by atoms with Gasteiger partial charge in [-0.3, -0.25) is 4.79 Å². The van der Waals surface area contributed by atoms with Gasteiger partial charge >= 0.3 is 0 Å². The number of Topliss-reactive ketones (excluding diaryl/α,β-unsaturated/α-hetero) is 1. The average molecular weight is 355 g/mol. The zero-order valence-corrected chi connectivity index (χ0v) is 18.6. The molecule has 0 spiro atoms. The van der Waals surface area contributed by atoms with Crippen molar-refractivity contribution >= 4 is 32.7 Å². The summed E-state index contributed by atoms with van der Waals surface area (Å²) in [5.41, 5.74) is 0. The molecular weight excluding hydrogens is 320 g/mol. The van der Waals surface area contributed by atoms with Crippen LogP contribution >= 0.6 is 0 Å². The largest absolute Gasteiger partial charge is 0.305 e. The standard InChI is InChI=1S/C18H34O3Si2/c1-17(2,3)22(7,8)15(20)12-11-13(19)14(12)16(21)23(9,10)18(4,5)6/h12,14H,11H2,1-10H3. The van der Waals surface area contributed by atoms with Crippen LogP contribution in [-0.4, -0.2) is 32.7 Å². The minimum atomic E-state index is -2.27. The van der Waals surface area contributed by atoms with Gasteiger partial charge in [0.25, 0.3) is 0 Å². The molecule has 0 aromatic heterocycles. The highest BCUT2D eigenvalue weighted by molar-refractivity contribution is 7.08. The van der Waals surface area contributed by atoms with Crippen molar-refractivity contribution < 1.29 is 14.4 Å². The highest BCUT2D eigenvalue weighted by Crippen LogP contribution is 2.46. The molecule has 0 N–H and O–H groups in total. The minimum absolute atomic E-state index is 0.0168. The van der Waals surface area contributed by atoms with E-state index < -0.39 is 22.1 Å². The second-order valence-corrected chi connectivity index (χ2v) is 20.7. The van der Waals surface area contributed by atoms with Gasteiger partial charge in [0, 0.05) is 12.3 Å². The minimum Gasteiger partial charge on any atom is -0.305 e. The number of rotatable bonds is 4. The Morgan fingerprint density at radius 2 is 1.17 bits per heavy atom. The van der Waals surface area contributed by atoms with Crippen LogP contribution in [0.2, 0.25) is 36.3 Å². The molecule has 2 atom stereocenters. The van der Waals surface area contributed by atoms with Crippen LogP contribution in [0.25, 0.3) is 0 Å². The Balaban J connectivity index is 3.13. The maximum atomic E-state index is 13.1. The van der Waals surface area contributed by atoms with Crippen molar-refractivity contribution in [2.75, 3.05) is 0 Å². The van der Waals surface area contributed by atoms with Crippen LogP contribution in [0.15, 0.2) is 0 Å². The third-order valence-corrected chi connectivity index (χ3v) is 17.4. The Bertz CT molecular complexity index is 533. The zero-order chi connectivity index (χ0) is 18.6. The van der Waals surface area contributed by atoms with E-state index in [1.165, 1.54) is 0 Å². The normalized spacial score (nSPS) is 23.5. The third kappa shape index (κ3) is 3.32. The van der Waals surface area contributed by atoms with E-state index in [1.807, 2.05) is 13.1 Å². The number of carbonyl (C=O) groups is 3. The summed E-state index contributed by atoms with van der Waals surface area (Å²) in [6, 6.07) is 0. The molecule has 0 radical (unpaired) electrons. The summed E-state index contributed by atoms with van der Waals surface area (Å²) in [6.45, 7) is 20.7. The molecule has 0 heterocycles. The lowest BCUT2D eigenvalue weighted by Crippen LogP contribution is -2.62. The van der Waals surface area contributed by atoms with Gasteiger partial charge in [0.15, 0.2) is 0 Å². The molecule has 0 aromatic rings. The van der Waals surface area contributed by atoms with Crippen LogP contribution < -0.4 is 0 Å². The predicted molar refractivity (Wildman–Crippen MR) is 101 cm³/mol. The molecule has 0 amide bonds. The Labute approximate surface area is 143 Å². The van der Waals surface area contributed by atoms with Gasteiger partial charge in [-0.05, 0) is 10.1 Å². The monoisotopic (exact) mass is 354 g/mol. The molecule has 1 aliphatic carbocycles. The fraction of sp³-hybridized carbons (Fsp3) is 0.833. The van der Waals surface area contributed by atoms with Crippen molar-refractivity contribution in [1.82, 2.24) is 0 Å². The van der Waals surface area contributed by atoms with Crippen molar-refractivity contribution in [3.63, 3.8) is 0 Å². The summed E-state index contributed by atoms with van der Waals surface area (Å²) in [7, 11) is -4.46. The van der Waals surface area contributed by atoms with E-state index >= 15 is 0 Å². The van der Waals surface area contributed by atoms with Gasteiger partial charge in [-0.15, -0.1) is 0 Å². The molecule has 0 bridgehead atoms. The van der Waals surface area contributed by atoms with Crippen LogP contribution in [0.1, 0.15) is 48.0 Å². The van der Waals surface area contributed by atoms with E-state index in [-0.39, 0.29) is 39.0 Å². The highest BCUT2D eigenvalue weighted by atomic mass is 28.3. The molecule has 1 saturated carbocycles. The Kier molecular flexibility index (Phi) is 5.13. The molecule has 1 aliphatic rings. The van der Waals surface area contributed by atoms with Crippen LogP contribution in [0, 0.1) is 11.8 Å². The molecular formula is C18H34O3Si2. The van der Waals surface area contributed by atoms with E-state index in [4.69, 9.17) is 0 Å². The first-order valence-electron chi connectivity index (χ1n) is 8.57. The van der Waals surface area contributed by atoms with Crippen molar-refractivity contribution in [1.29, 1.82) is 0 Å². The van der Waals surface area contributed by atoms with Gasteiger partial charge in [-0.1, -0.05) is 67.7 Å². The fourth-order valence-electron chi connectivity index (χ4n) is 2.69. The molecule has 2 unspecified atom stereocenters. The highest BCUT2D eigenvalue weighted by Gasteiger charge is 2.58. The first kappa shape index (κ1) is 20.5. The molecule has 1 rings (SSSR count). The maximum absolute atomic E-state index is 13.1. The van der Waals surface area contributed by atoms with Crippen LogP contribution in [0.4, 0.5) is 0 Å². The van der Waals surface area contributed by atoms with Crippen molar-refractivity contribution in [2.24, 2.45) is 11.8 Å². The average Bonchev–Trinajstić information content (AvgIpc) is 2.31. The topological polar surface area (TPSA) is 51.2 Å². The predicted octanol–water partition coefficient (Wildman–Crippen LogP) is 4.43. The van der Waals surface area contributed by atoms with E-state index in [1.54, 1.807) is 0 Å². The summed E-state index contributed by atoms with van der Waals surface area (Å²) in [5, 5.41) is 0.123. The smallest absolute Gasteiger partial charge is 0.144 e. The Hall–Kier alpha value is -0.556. The number of hydrogen-bond donors (Lipinski definition) is 0. The van der Waals surface area contributed by atoms with Crippen LogP contribution in [0.5, 0.6) is 0 Å². The second-order valence-electron chi connectivity index (χ2n) is 10.2. The Morgan fingerprint density at radius 1 is 0.826 bits per heavy atom. The first-order chi connectivity index (χ1) is 9.96. The lowest BCUT2D eigenvalue weighted by molar-refractivity contribution is -0.145. The fourth-order valence-corrected chi connectivity index (χ4v) is 6.50. The van der Waals surface area contributed by atoms with Gasteiger partial charge in [0.2, 0.25) is 0 Å². The quantitative estimate of drug-likeness (QED) is 0.554. The van der Waals surface area contributed by atoms with Gasteiger partial charge < -0.3 is 9.59 Å². The summed E-state index contributed by atoms with van der Waals surface area (Å²) < 4.78 is 0. The van der Waals surface area contributed by atoms with Crippen molar-refractivity contribution in [3.8, 4) is 0 Å². The second kappa shape index (κ2) is 5.76. The molecule has 0 aliphatic heterocycles. The van der Waals surface area contributed by atoms with Gasteiger partial charge in [0.1, 0.15) is 32.7 Å². The van der Waals surface area contributed by atoms with Gasteiger partial charge in [-0.2, -0.15) is 0 Å². The molecule has 0 saturated heterocycles. The van der Waals surface area contributed by atoms with E-state index in [2.05, 4.69) is 54.6 Å². The zero-order valence-electron chi connectivity index (χ0n) is 16.6. The Morgan fingerprint density at radius 3 is 1.48 bits per heavy atom. The van der Waals surface area contributed by atoms with Crippen molar-refractivity contribution in [2.45, 2.75) is 84.2 Å². The SMILES string of the molecule is CC(C)(C)[Si](C)(C)C(=O)C1CC(=O)C1C(=O)[Si](C)(C)C(C)(C)C. The van der Waals surface area contributed by atoms with E-state index in [0.29, 0.717) is 0 Å². The van der Waals surface area contributed by atoms with Crippen LogP contribution in [-0.2, 0) is 14.4 Å². The number of carbonyl (C=O) groups excluding carboxylic acids is 3.